The van der Waals surface area contributed by atoms with Crippen molar-refractivity contribution in [1.82, 2.24) is 0 Å². The van der Waals surface area contributed by atoms with E-state index in [1.807, 2.05) is 31.2 Å². The Morgan fingerprint density at radius 3 is 2.39 bits per heavy atom. The lowest BCUT2D eigenvalue weighted by atomic mass is 9.73. The molecule has 1 aromatic rings. The maximum Gasteiger partial charge on any atom is 0.313 e. The first-order chi connectivity index (χ1) is 17.2. The van der Waals surface area contributed by atoms with Gasteiger partial charge in [-0.05, 0) is 68.5 Å². The molecule has 0 saturated carbocycles. The van der Waals surface area contributed by atoms with Crippen molar-refractivity contribution >= 4 is 23.3 Å². The van der Waals surface area contributed by atoms with Gasteiger partial charge < -0.3 is 14.2 Å². The second kappa shape index (κ2) is 13.1. The normalized spacial score (nSPS) is 24.9. The highest BCUT2D eigenvalue weighted by Gasteiger charge is 2.33. The Kier molecular flexibility index (Phi) is 9.94. The summed E-state index contributed by atoms with van der Waals surface area (Å²) in [5.74, 6) is -1.21. The molecule has 0 bridgehead atoms. The third kappa shape index (κ3) is 8.12. The second-order valence-corrected chi connectivity index (χ2v) is 9.44. The van der Waals surface area contributed by atoms with Gasteiger partial charge in [0, 0.05) is 18.8 Å². The van der Waals surface area contributed by atoms with E-state index in [4.69, 9.17) is 14.2 Å². The molecule has 1 aromatic carbocycles. The molecular weight excluding hydrogens is 460 g/mol. The highest BCUT2D eigenvalue weighted by molar-refractivity contribution is 6.03. The van der Waals surface area contributed by atoms with Crippen LogP contribution in [0.3, 0.4) is 0 Å². The summed E-state index contributed by atoms with van der Waals surface area (Å²) in [5, 5.41) is 0. The molecular formula is C29H34O7. The van der Waals surface area contributed by atoms with Gasteiger partial charge >= 0.3 is 5.97 Å². The molecule has 0 fully saturated rings. The Balaban J connectivity index is 1.71. The van der Waals surface area contributed by atoms with Crippen LogP contribution < -0.4 is 4.74 Å². The Hall–Kier alpha value is -3.32. The summed E-state index contributed by atoms with van der Waals surface area (Å²) in [4.78, 5) is 50.3. The summed E-state index contributed by atoms with van der Waals surface area (Å²) in [6.07, 6.45) is 5.74. The van der Waals surface area contributed by atoms with Crippen molar-refractivity contribution < 1.29 is 33.4 Å². The summed E-state index contributed by atoms with van der Waals surface area (Å²) < 4.78 is 16.2. The Morgan fingerprint density at radius 2 is 1.67 bits per heavy atom. The molecule has 2 aliphatic rings. The molecule has 0 aromatic heterocycles. The number of carbonyl (C=O) groups excluding carboxylic acids is 4. The molecule has 192 valence electrons. The van der Waals surface area contributed by atoms with Crippen molar-refractivity contribution in [3.63, 3.8) is 0 Å². The smallest absolute Gasteiger partial charge is 0.313 e. The van der Waals surface area contributed by atoms with E-state index < -0.39 is 11.9 Å². The van der Waals surface area contributed by atoms with Crippen LogP contribution in [-0.2, 0) is 35.3 Å². The molecule has 2 atom stereocenters. The maximum atomic E-state index is 13.0. The van der Waals surface area contributed by atoms with Crippen LogP contribution in [0.2, 0.25) is 0 Å². The van der Waals surface area contributed by atoms with Crippen molar-refractivity contribution in [2.45, 2.75) is 52.6 Å². The number of hydrogen-bond donors (Lipinski definition) is 0. The number of allylic oxidation sites excluding steroid dienone is 5. The number of carbonyl (C=O) groups is 4. The molecule has 1 aliphatic heterocycles. The van der Waals surface area contributed by atoms with E-state index in [2.05, 4.69) is 0 Å². The minimum Gasteiger partial charge on any atom is -0.497 e. The van der Waals surface area contributed by atoms with Crippen molar-refractivity contribution in [3.8, 4) is 5.75 Å². The van der Waals surface area contributed by atoms with Gasteiger partial charge in [0.2, 0.25) is 0 Å². The molecule has 1 aliphatic carbocycles. The number of hydrogen-bond acceptors (Lipinski definition) is 7. The van der Waals surface area contributed by atoms with Gasteiger partial charge in [0.1, 0.15) is 12.2 Å². The summed E-state index contributed by atoms with van der Waals surface area (Å²) >= 11 is 0. The first-order valence-electron chi connectivity index (χ1n) is 12.3. The molecule has 0 N–H and O–H groups in total. The first kappa shape index (κ1) is 27.3. The molecule has 0 saturated heterocycles. The van der Waals surface area contributed by atoms with Gasteiger partial charge in [0.15, 0.2) is 17.3 Å². The number of ether oxygens (including phenoxy) is 3. The molecule has 3 rings (SSSR count). The summed E-state index contributed by atoms with van der Waals surface area (Å²) in [7, 11) is 1.61. The van der Waals surface area contributed by atoms with Crippen LogP contribution in [0.4, 0.5) is 0 Å². The second-order valence-electron chi connectivity index (χ2n) is 9.44. The Bertz CT molecular complexity index is 1080. The number of ketones is 3. The monoisotopic (exact) mass is 494 g/mol. The SMILES string of the molecule is COc1ccc(COCC/C2=C\C(=O)C[C@@H]3C(=O)C=C(C)C[C@H]3/C(C)=C/C(=O)CC(=O)OCC2)cc1. The number of fused-ring (bicyclic) bond motifs is 1. The van der Waals surface area contributed by atoms with Gasteiger partial charge in [-0.15, -0.1) is 0 Å². The number of methoxy groups -OCH3 is 1. The van der Waals surface area contributed by atoms with Crippen molar-refractivity contribution in [1.29, 1.82) is 0 Å². The first-order valence-corrected chi connectivity index (χ1v) is 12.3. The largest absolute Gasteiger partial charge is 0.497 e. The van der Waals surface area contributed by atoms with E-state index in [9.17, 15) is 19.2 Å². The predicted octanol–water partition coefficient (Wildman–Crippen LogP) is 4.49. The summed E-state index contributed by atoms with van der Waals surface area (Å²) in [6.45, 7) is 4.52. The maximum absolute atomic E-state index is 13.0. The van der Waals surface area contributed by atoms with Crippen LogP contribution >= 0.6 is 0 Å². The lowest BCUT2D eigenvalue weighted by molar-refractivity contribution is -0.145. The van der Waals surface area contributed by atoms with Gasteiger partial charge in [-0.3, -0.25) is 19.2 Å². The van der Waals surface area contributed by atoms with Gasteiger partial charge in [0.25, 0.3) is 0 Å². The highest BCUT2D eigenvalue weighted by Crippen LogP contribution is 2.35. The predicted molar refractivity (Wildman–Crippen MR) is 134 cm³/mol. The van der Waals surface area contributed by atoms with E-state index in [1.54, 1.807) is 26.2 Å². The van der Waals surface area contributed by atoms with Crippen LogP contribution in [0.15, 0.2) is 59.2 Å². The van der Waals surface area contributed by atoms with E-state index >= 15 is 0 Å². The zero-order valence-electron chi connectivity index (χ0n) is 21.2. The lowest BCUT2D eigenvalue weighted by Gasteiger charge is -2.30. The van der Waals surface area contributed by atoms with Gasteiger partial charge in [-0.25, -0.2) is 0 Å². The fourth-order valence-electron chi connectivity index (χ4n) is 4.61. The highest BCUT2D eigenvalue weighted by atomic mass is 16.5. The molecule has 1 heterocycles. The molecule has 0 radical (unpaired) electrons. The van der Waals surface area contributed by atoms with E-state index in [-0.39, 0.29) is 42.7 Å². The number of cyclic esters (lactones) is 1. The van der Waals surface area contributed by atoms with Crippen LogP contribution in [-0.4, -0.2) is 43.6 Å². The average Bonchev–Trinajstić information content (AvgIpc) is 2.82. The van der Waals surface area contributed by atoms with Gasteiger partial charge in [0.05, 0.1) is 26.9 Å². The van der Waals surface area contributed by atoms with E-state index in [0.29, 0.717) is 38.0 Å². The molecule has 0 spiro atoms. The standard InChI is InChI=1S/C29H34O7/c1-19-12-26-20(2)14-23(30)17-29(33)36-11-9-21(15-24(31)16-27(26)28(32)13-19)8-10-35-18-22-4-6-25(34-3)7-5-22/h4-7,13-15,26-27H,8-12,16-18H2,1-3H3/b20-14+,21-15+/t26-,27-/m0/s1. The minimum atomic E-state index is -0.602. The van der Waals surface area contributed by atoms with Gasteiger partial charge in [-0.2, -0.15) is 0 Å². The Labute approximate surface area is 212 Å². The fraction of sp³-hybridized carbons (Fsp3) is 0.448. The van der Waals surface area contributed by atoms with E-state index in [0.717, 1.165) is 22.5 Å². The molecule has 7 heteroatoms. The zero-order valence-corrected chi connectivity index (χ0v) is 21.2. The molecule has 0 amide bonds. The minimum absolute atomic E-state index is 0.0688. The van der Waals surface area contributed by atoms with Crippen molar-refractivity contribution in [2.24, 2.45) is 11.8 Å². The van der Waals surface area contributed by atoms with E-state index in [1.165, 1.54) is 6.08 Å². The van der Waals surface area contributed by atoms with Crippen LogP contribution in [0, 0.1) is 11.8 Å². The Morgan fingerprint density at radius 1 is 0.917 bits per heavy atom. The zero-order chi connectivity index (χ0) is 26.1. The van der Waals surface area contributed by atoms with Crippen molar-refractivity contribution in [3.05, 3.63) is 64.8 Å². The average molecular weight is 495 g/mol. The molecule has 0 unspecified atom stereocenters. The summed E-state index contributed by atoms with van der Waals surface area (Å²) in [6, 6.07) is 7.58. The number of rotatable bonds is 6. The van der Waals surface area contributed by atoms with Crippen molar-refractivity contribution in [2.75, 3.05) is 20.3 Å². The van der Waals surface area contributed by atoms with Crippen LogP contribution in [0.5, 0.6) is 5.75 Å². The van der Waals surface area contributed by atoms with Crippen LogP contribution in [0.25, 0.3) is 0 Å². The molecule has 36 heavy (non-hydrogen) atoms. The van der Waals surface area contributed by atoms with Gasteiger partial charge in [-0.1, -0.05) is 28.9 Å². The topological polar surface area (TPSA) is 96.0 Å². The quantitative estimate of drug-likeness (QED) is 0.327. The fourth-order valence-corrected chi connectivity index (χ4v) is 4.61. The lowest BCUT2D eigenvalue weighted by Crippen LogP contribution is -2.30. The third-order valence-electron chi connectivity index (χ3n) is 6.54. The third-order valence-corrected chi connectivity index (χ3v) is 6.54. The molecule has 7 nitrogen and oxygen atoms in total. The summed E-state index contributed by atoms with van der Waals surface area (Å²) in [5.41, 5.74) is 3.41. The number of esters is 1. The van der Waals surface area contributed by atoms with Crippen LogP contribution in [0.1, 0.15) is 51.5 Å². The number of benzene rings is 1.